The lowest BCUT2D eigenvalue weighted by molar-refractivity contribution is -0.158. The summed E-state index contributed by atoms with van der Waals surface area (Å²) in [6.07, 6.45) is 0. The van der Waals surface area contributed by atoms with Crippen LogP contribution >= 0.6 is 23.2 Å². The van der Waals surface area contributed by atoms with Crippen molar-refractivity contribution in [2.45, 2.75) is 44.1 Å². The normalized spacial score (nSPS) is 20.2. The lowest BCUT2D eigenvalue weighted by atomic mass is 9.99. The van der Waals surface area contributed by atoms with Crippen molar-refractivity contribution in [3.8, 4) is 0 Å². The number of benzene rings is 1. The van der Waals surface area contributed by atoms with Crippen molar-refractivity contribution in [2.75, 3.05) is 5.88 Å². The Hall–Kier alpha value is -1.83. The van der Waals surface area contributed by atoms with Crippen LogP contribution < -0.4 is 5.32 Å². The number of amides is 2. The van der Waals surface area contributed by atoms with E-state index >= 15 is 0 Å². The molecule has 0 aliphatic carbocycles. The maximum Gasteiger partial charge on any atom is 0.319 e. The molecule has 1 aromatic carbocycles. The Morgan fingerprint density at radius 1 is 1.36 bits per heavy atom. The monoisotopic (exact) mass is 442 g/mol. The predicted octanol–water partition coefficient (Wildman–Crippen LogP) is 3.04. The minimum absolute atomic E-state index is 0.0286. The average Bonchev–Trinajstić information content (AvgIpc) is 2.61. The van der Waals surface area contributed by atoms with E-state index in [1.807, 2.05) is 32.6 Å². The molecule has 28 heavy (non-hydrogen) atoms. The van der Waals surface area contributed by atoms with Gasteiger partial charge in [0.2, 0.25) is 8.32 Å². The number of hydrogen-bond acceptors (Lipinski definition) is 4. The van der Waals surface area contributed by atoms with E-state index in [9.17, 15) is 14.4 Å². The Kier molecular flexibility index (Phi) is 6.96. The summed E-state index contributed by atoms with van der Waals surface area (Å²) >= 11 is 12.2. The Morgan fingerprint density at radius 3 is 2.50 bits per heavy atom. The zero-order valence-corrected chi connectivity index (χ0v) is 18.8. The highest BCUT2D eigenvalue weighted by Gasteiger charge is 2.53. The summed E-state index contributed by atoms with van der Waals surface area (Å²) < 4.78 is 5.52. The van der Waals surface area contributed by atoms with Gasteiger partial charge in [0.1, 0.15) is 11.5 Å². The van der Waals surface area contributed by atoms with Crippen molar-refractivity contribution in [3.05, 3.63) is 47.5 Å². The lowest BCUT2D eigenvalue weighted by Gasteiger charge is -2.47. The molecular weight excluding hydrogens is 419 g/mol. The van der Waals surface area contributed by atoms with Crippen molar-refractivity contribution in [1.82, 2.24) is 10.2 Å². The fourth-order valence-corrected chi connectivity index (χ4v) is 4.04. The van der Waals surface area contributed by atoms with Gasteiger partial charge in [0.05, 0.1) is 0 Å². The van der Waals surface area contributed by atoms with Crippen LogP contribution in [0.4, 0.5) is 0 Å². The zero-order valence-electron chi connectivity index (χ0n) is 16.3. The van der Waals surface area contributed by atoms with E-state index in [4.69, 9.17) is 27.6 Å². The summed E-state index contributed by atoms with van der Waals surface area (Å²) in [5.74, 6) is -1.53. The van der Waals surface area contributed by atoms with Crippen LogP contribution in [0.25, 0.3) is 0 Å². The summed E-state index contributed by atoms with van der Waals surface area (Å²) in [6, 6.07) is 4.96. The van der Waals surface area contributed by atoms with Gasteiger partial charge in [-0.2, -0.15) is 0 Å². The first-order chi connectivity index (χ1) is 13.0. The largest absolute Gasteiger partial charge is 0.518 e. The van der Waals surface area contributed by atoms with E-state index in [1.54, 1.807) is 18.2 Å². The molecule has 3 unspecified atom stereocenters. The van der Waals surface area contributed by atoms with Gasteiger partial charge in [-0.05, 0) is 44.3 Å². The molecule has 152 valence electrons. The molecule has 1 heterocycles. The summed E-state index contributed by atoms with van der Waals surface area (Å²) in [5, 5.41) is 2.62. The van der Waals surface area contributed by atoms with E-state index in [-0.39, 0.29) is 5.88 Å². The third-order valence-corrected chi connectivity index (χ3v) is 5.71. The minimum Gasteiger partial charge on any atom is -0.518 e. The highest BCUT2D eigenvalue weighted by Crippen LogP contribution is 2.31. The smallest absolute Gasteiger partial charge is 0.319 e. The van der Waals surface area contributed by atoms with Crippen molar-refractivity contribution in [2.24, 2.45) is 0 Å². The molecule has 0 bridgehead atoms. The van der Waals surface area contributed by atoms with E-state index < -0.39 is 43.7 Å². The molecule has 2 rings (SSSR count). The van der Waals surface area contributed by atoms with Crippen LogP contribution in [0.1, 0.15) is 15.9 Å². The second kappa shape index (κ2) is 8.67. The first-order valence-electron chi connectivity index (χ1n) is 8.76. The fourth-order valence-electron chi connectivity index (χ4n) is 2.80. The summed E-state index contributed by atoms with van der Waals surface area (Å²) in [7, 11) is -2.20. The summed E-state index contributed by atoms with van der Waals surface area (Å²) in [6.45, 7) is 11.2. The Morgan fingerprint density at radius 2 is 2.00 bits per heavy atom. The molecule has 1 aliphatic heterocycles. The number of rotatable bonds is 7. The van der Waals surface area contributed by atoms with Crippen molar-refractivity contribution in [1.29, 1.82) is 0 Å². The molecule has 1 N–H and O–H groups in total. The van der Waals surface area contributed by atoms with Gasteiger partial charge in [0, 0.05) is 11.4 Å². The van der Waals surface area contributed by atoms with Gasteiger partial charge in [-0.1, -0.05) is 35.9 Å². The Bertz CT molecular complexity index is 809. The number of alkyl halides is 2. The molecule has 1 aliphatic rings. The number of halogens is 2. The second-order valence-electron chi connectivity index (χ2n) is 7.67. The second-order valence-corrected chi connectivity index (χ2v) is 12.8. The topological polar surface area (TPSA) is 75.7 Å². The van der Waals surface area contributed by atoms with Gasteiger partial charge >= 0.3 is 5.97 Å². The summed E-state index contributed by atoms with van der Waals surface area (Å²) in [5.41, 5.74) is 0.743. The van der Waals surface area contributed by atoms with Crippen LogP contribution in [0.15, 0.2) is 36.4 Å². The van der Waals surface area contributed by atoms with Crippen molar-refractivity contribution in [3.63, 3.8) is 0 Å². The molecule has 0 saturated carbocycles. The molecular formula is C19H24Cl2N2O4Si. The number of aryl methyl sites for hydroxylation is 1. The molecule has 3 atom stereocenters. The van der Waals surface area contributed by atoms with Gasteiger partial charge in [-0.3, -0.25) is 14.4 Å². The van der Waals surface area contributed by atoms with Crippen LogP contribution in [0.3, 0.4) is 0 Å². The van der Waals surface area contributed by atoms with E-state index in [2.05, 4.69) is 11.9 Å². The number of carbonyl (C=O) groups is 3. The quantitative estimate of drug-likeness (QED) is 0.231. The van der Waals surface area contributed by atoms with Crippen LogP contribution in [-0.2, 0) is 14.0 Å². The number of nitrogens with one attached hydrogen (secondary N) is 1. The maximum absolute atomic E-state index is 12.7. The van der Waals surface area contributed by atoms with E-state index in [1.165, 1.54) is 0 Å². The fraction of sp³-hybridized carbons (Fsp3) is 0.421. The molecule has 9 heteroatoms. The molecule has 0 aromatic heterocycles. The third-order valence-electron chi connectivity index (χ3n) is 4.09. The SMILES string of the molecule is C=C(CCl)C(C(=O)O[Si](C)(C)C)N1C(=O)C(NC(=O)c2cccc(C)c2)C1Cl. The van der Waals surface area contributed by atoms with E-state index in [0.717, 1.165) is 10.5 Å². The third kappa shape index (κ3) is 4.95. The molecule has 6 nitrogen and oxygen atoms in total. The number of β-lactam (4-membered cyclic amide) rings is 1. The lowest BCUT2D eigenvalue weighted by Crippen LogP contribution is -2.72. The van der Waals surface area contributed by atoms with Crippen LogP contribution in [0.5, 0.6) is 0 Å². The number of hydrogen-bond donors (Lipinski definition) is 1. The van der Waals surface area contributed by atoms with Gasteiger partial charge < -0.3 is 14.6 Å². The Labute approximate surface area is 175 Å². The minimum atomic E-state index is -2.20. The number of carbonyl (C=O) groups excluding carboxylic acids is 3. The molecule has 0 radical (unpaired) electrons. The van der Waals surface area contributed by atoms with Crippen LogP contribution in [0.2, 0.25) is 19.6 Å². The van der Waals surface area contributed by atoms with Crippen molar-refractivity contribution >= 4 is 49.3 Å². The van der Waals surface area contributed by atoms with Crippen LogP contribution in [-0.4, -0.2) is 54.5 Å². The average molecular weight is 443 g/mol. The molecule has 0 spiro atoms. The van der Waals surface area contributed by atoms with Gasteiger partial charge in [-0.15, -0.1) is 11.6 Å². The highest BCUT2D eigenvalue weighted by molar-refractivity contribution is 6.71. The maximum atomic E-state index is 12.7. The Balaban J connectivity index is 2.15. The molecule has 1 fully saturated rings. The molecule has 1 saturated heterocycles. The summed E-state index contributed by atoms with van der Waals surface area (Å²) in [4.78, 5) is 38.9. The zero-order chi connectivity index (χ0) is 21.2. The number of likely N-dealkylation sites (tertiary alicyclic amines) is 1. The molecule has 1 aromatic rings. The van der Waals surface area contributed by atoms with Gasteiger partial charge in [-0.25, -0.2) is 0 Å². The van der Waals surface area contributed by atoms with Gasteiger partial charge in [0.15, 0.2) is 6.04 Å². The highest BCUT2D eigenvalue weighted by atomic mass is 35.5. The number of nitrogens with zero attached hydrogens (tertiary/aromatic N) is 1. The van der Waals surface area contributed by atoms with Crippen LogP contribution in [0, 0.1) is 6.92 Å². The first-order valence-corrected chi connectivity index (χ1v) is 13.1. The first kappa shape index (κ1) is 22.5. The van der Waals surface area contributed by atoms with Crippen molar-refractivity contribution < 1.29 is 18.8 Å². The van der Waals surface area contributed by atoms with E-state index in [0.29, 0.717) is 11.1 Å². The molecule has 2 amide bonds. The predicted molar refractivity (Wildman–Crippen MR) is 112 cm³/mol. The standard InChI is InChI=1S/C19H24Cl2N2O4Si/c1-11-7-6-8-13(9-11)17(24)22-14-16(21)23(18(14)25)15(12(2)10-20)19(26)27-28(3,4)5/h6-9,14-16H,2,10H2,1,3-5H3,(H,22,24). The van der Waals surface area contributed by atoms with Gasteiger partial charge in [0.25, 0.3) is 11.8 Å².